The summed E-state index contributed by atoms with van der Waals surface area (Å²) in [7, 11) is 2.03. The molecule has 0 fully saturated rings. The van der Waals surface area contributed by atoms with Crippen LogP contribution in [-0.2, 0) is 27.2 Å². The van der Waals surface area contributed by atoms with E-state index in [1.165, 1.54) is 11.2 Å². The maximum atomic E-state index is 3.26. The number of aromatic nitrogens is 2. The van der Waals surface area contributed by atoms with Gasteiger partial charge in [0.15, 0.2) is 11.8 Å². The van der Waals surface area contributed by atoms with Crippen LogP contribution in [0.5, 0.6) is 0 Å². The van der Waals surface area contributed by atoms with E-state index in [4.69, 9.17) is 0 Å². The van der Waals surface area contributed by atoms with Crippen molar-refractivity contribution in [2.24, 2.45) is 7.05 Å². The summed E-state index contributed by atoms with van der Waals surface area (Å²) in [5.74, 6) is 0. The molecule has 0 aliphatic rings. The molecule has 0 saturated carbocycles. The molecule has 3 heteroatoms. The predicted molar refractivity (Wildman–Crippen MR) is 65.0 cm³/mol. The minimum atomic E-state index is 0. The number of fused-ring (bicyclic) bond motifs is 1. The molecule has 3 rings (SSSR count). The fourth-order valence-corrected chi connectivity index (χ4v) is 1.97. The summed E-state index contributed by atoms with van der Waals surface area (Å²) in [6, 6.07) is 17.6. The van der Waals surface area contributed by atoms with E-state index in [1.54, 1.807) is 0 Å². The second kappa shape index (κ2) is 4.82. The molecule has 0 N–H and O–H groups in total. The molecular weight excluding hydrogens is 388 g/mol. The average Bonchev–Trinajstić information content (AvgIpc) is 2.70. The van der Waals surface area contributed by atoms with Crippen molar-refractivity contribution >= 4 is 5.52 Å². The topological polar surface area (TPSA) is 9.34 Å². The normalized spacial score (nSPS) is 10.2. The zero-order valence-corrected chi connectivity index (χ0v) is 11.8. The summed E-state index contributed by atoms with van der Waals surface area (Å²) in [5, 5.41) is 0. The predicted octanol–water partition coefficient (Wildman–Crippen LogP) is 3.02. The first-order valence-electron chi connectivity index (χ1n) is 5.28. The zero-order chi connectivity index (χ0) is 11.0. The first kappa shape index (κ1) is 12.0. The molecule has 2 nitrogen and oxygen atoms in total. The van der Waals surface area contributed by atoms with Crippen molar-refractivity contribution in [3.63, 3.8) is 0 Å². The Morgan fingerprint density at radius 3 is 2.76 bits per heavy atom. The SMILES string of the molecule is Cn1cc2cccc(-c3[c-]cccc3)n2[cH+]1.[Ir]. The van der Waals surface area contributed by atoms with E-state index in [0.29, 0.717) is 0 Å². The Hall–Kier alpha value is -1.44. The van der Waals surface area contributed by atoms with Crippen molar-refractivity contribution in [1.29, 1.82) is 0 Å². The molecule has 3 aromatic rings. The van der Waals surface area contributed by atoms with Gasteiger partial charge in [-0.2, -0.15) is 4.40 Å². The van der Waals surface area contributed by atoms with Gasteiger partial charge < -0.3 is 0 Å². The Labute approximate surface area is 114 Å². The number of aryl methyl sites for hydroxylation is 1. The van der Waals surface area contributed by atoms with E-state index >= 15 is 0 Å². The molecule has 0 saturated heterocycles. The molecule has 0 atom stereocenters. The van der Waals surface area contributed by atoms with Gasteiger partial charge in [0.25, 0.3) is 0 Å². The third-order valence-corrected chi connectivity index (χ3v) is 2.68. The summed E-state index contributed by atoms with van der Waals surface area (Å²) in [5.41, 5.74) is 3.47. The fraction of sp³-hybridized carbons (Fsp3) is 0.0714. The smallest absolute Gasteiger partial charge is 0.183 e. The van der Waals surface area contributed by atoms with Gasteiger partial charge in [-0.15, -0.1) is 30.3 Å². The van der Waals surface area contributed by atoms with Crippen LogP contribution in [0.4, 0.5) is 0 Å². The van der Waals surface area contributed by atoms with Crippen LogP contribution >= 0.6 is 0 Å². The Morgan fingerprint density at radius 1 is 1.12 bits per heavy atom. The molecule has 1 aromatic carbocycles. The molecule has 1 radical (unpaired) electrons. The molecule has 2 aromatic heterocycles. The fourth-order valence-electron chi connectivity index (χ4n) is 1.97. The van der Waals surface area contributed by atoms with Gasteiger partial charge in [-0.25, -0.2) is 0 Å². The quantitative estimate of drug-likeness (QED) is 0.556. The number of imidazole rings is 1. The standard InChI is InChI=1S/C14H12N2.Ir/c1-15-10-13-8-5-9-14(16(13)11-15)12-6-3-2-4-7-12;/h2-6,8-11H,1H3;. The van der Waals surface area contributed by atoms with Crippen LogP contribution in [0.15, 0.2) is 55.0 Å². The Bertz CT molecular complexity index is 629. The maximum Gasteiger partial charge on any atom is 0.183 e. The second-order valence-electron chi connectivity index (χ2n) is 3.89. The Morgan fingerprint density at radius 2 is 2.00 bits per heavy atom. The van der Waals surface area contributed by atoms with Gasteiger partial charge >= 0.3 is 0 Å². The third-order valence-electron chi connectivity index (χ3n) is 2.68. The minimum absolute atomic E-state index is 0. The van der Waals surface area contributed by atoms with E-state index in [1.807, 2.05) is 25.2 Å². The molecule has 0 spiro atoms. The summed E-state index contributed by atoms with van der Waals surface area (Å²) in [6.45, 7) is 0. The second-order valence-corrected chi connectivity index (χ2v) is 3.89. The number of rotatable bonds is 1. The summed E-state index contributed by atoms with van der Waals surface area (Å²) in [6.07, 6.45) is 4.18. The van der Waals surface area contributed by atoms with E-state index < -0.39 is 0 Å². The number of benzene rings is 1. The first-order valence-corrected chi connectivity index (χ1v) is 5.28. The van der Waals surface area contributed by atoms with Crippen LogP contribution in [-0.4, -0.2) is 8.97 Å². The van der Waals surface area contributed by atoms with Crippen molar-refractivity contribution in [3.8, 4) is 11.3 Å². The number of hydrogen-bond acceptors (Lipinski definition) is 0. The van der Waals surface area contributed by atoms with E-state index in [2.05, 4.69) is 51.8 Å². The average molecular weight is 400 g/mol. The van der Waals surface area contributed by atoms with Gasteiger partial charge in [0.1, 0.15) is 11.9 Å². The monoisotopic (exact) mass is 401 g/mol. The first-order chi connectivity index (χ1) is 7.84. The molecule has 0 bridgehead atoms. The van der Waals surface area contributed by atoms with Crippen LogP contribution in [0, 0.1) is 6.07 Å². The molecule has 0 aliphatic heterocycles. The summed E-state index contributed by atoms with van der Waals surface area (Å²) < 4.78 is 4.23. The van der Waals surface area contributed by atoms with Crippen LogP contribution in [0.2, 0.25) is 0 Å². The molecule has 0 aliphatic carbocycles. The Balaban J connectivity index is 0.00000108. The van der Waals surface area contributed by atoms with Crippen molar-refractivity contribution in [3.05, 3.63) is 61.1 Å². The Kier molecular flexibility index (Phi) is 3.41. The molecule has 0 unspecified atom stereocenters. The van der Waals surface area contributed by atoms with E-state index in [-0.39, 0.29) is 20.1 Å². The number of pyridine rings is 1. The molecule has 2 heterocycles. The van der Waals surface area contributed by atoms with Gasteiger partial charge in [-0.1, -0.05) is 0 Å². The molecular formula is C14H12IrN2. The van der Waals surface area contributed by atoms with E-state index in [9.17, 15) is 0 Å². The van der Waals surface area contributed by atoms with Gasteiger partial charge in [0.05, 0.1) is 0 Å². The largest absolute Gasteiger partial charge is 0.254 e. The molecule has 0 amide bonds. The van der Waals surface area contributed by atoms with Gasteiger partial charge in [-0.05, 0) is 11.6 Å². The van der Waals surface area contributed by atoms with Crippen molar-refractivity contribution < 1.29 is 20.1 Å². The van der Waals surface area contributed by atoms with Crippen molar-refractivity contribution in [2.75, 3.05) is 0 Å². The van der Waals surface area contributed by atoms with Crippen LogP contribution in [0.1, 0.15) is 0 Å². The van der Waals surface area contributed by atoms with Gasteiger partial charge in [0.2, 0.25) is 0 Å². The van der Waals surface area contributed by atoms with Crippen LogP contribution in [0.3, 0.4) is 0 Å². The van der Waals surface area contributed by atoms with Crippen LogP contribution in [0.25, 0.3) is 16.8 Å². The number of hydrogen-bond donors (Lipinski definition) is 0. The van der Waals surface area contributed by atoms with Crippen LogP contribution < -0.4 is 0 Å². The van der Waals surface area contributed by atoms with Gasteiger partial charge in [-0.3, -0.25) is 4.57 Å². The van der Waals surface area contributed by atoms with Gasteiger partial charge in [0, 0.05) is 39.3 Å². The summed E-state index contributed by atoms with van der Waals surface area (Å²) in [4.78, 5) is 0. The molecule has 87 valence electrons. The number of nitrogens with zero attached hydrogens (tertiary/aromatic N) is 2. The molecule has 17 heavy (non-hydrogen) atoms. The minimum Gasteiger partial charge on any atom is -0.254 e. The van der Waals surface area contributed by atoms with E-state index in [0.717, 1.165) is 5.56 Å². The van der Waals surface area contributed by atoms with Crippen molar-refractivity contribution in [2.45, 2.75) is 0 Å². The zero-order valence-electron chi connectivity index (χ0n) is 9.42. The summed E-state index contributed by atoms with van der Waals surface area (Å²) >= 11 is 0. The van der Waals surface area contributed by atoms with Crippen molar-refractivity contribution in [1.82, 2.24) is 8.97 Å². The maximum absolute atomic E-state index is 3.26. The third kappa shape index (κ3) is 2.17.